The number of ether oxygens (including phenoxy) is 2. The van der Waals surface area contributed by atoms with Crippen molar-refractivity contribution in [3.8, 4) is 5.75 Å². The zero-order valence-corrected chi connectivity index (χ0v) is 11.4. The Bertz CT molecular complexity index is 436. The quantitative estimate of drug-likeness (QED) is 0.816. The minimum absolute atomic E-state index is 0.0262. The minimum atomic E-state index is -0.471. The van der Waals surface area contributed by atoms with E-state index in [2.05, 4.69) is 5.32 Å². The molecule has 1 N–H and O–H groups in total. The van der Waals surface area contributed by atoms with Crippen molar-refractivity contribution >= 4 is 11.6 Å². The Morgan fingerprint density at radius 1 is 1.53 bits per heavy atom. The zero-order valence-electron chi connectivity index (χ0n) is 11.4. The van der Waals surface area contributed by atoms with Gasteiger partial charge in [-0.1, -0.05) is 12.1 Å². The molecule has 5 heteroatoms. The van der Waals surface area contributed by atoms with Crippen LogP contribution in [0.5, 0.6) is 5.75 Å². The second-order valence-electron chi connectivity index (χ2n) is 4.44. The maximum Gasteiger partial charge on any atom is 0.265 e. The van der Waals surface area contributed by atoms with Crippen molar-refractivity contribution in [2.24, 2.45) is 0 Å². The van der Waals surface area contributed by atoms with Gasteiger partial charge in [-0.05, 0) is 19.1 Å². The number of anilines is 1. The molecule has 0 bridgehead atoms. The molecule has 1 aromatic rings. The van der Waals surface area contributed by atoms with Gasteiger partial charge in [-0.15, -0.1) is 0 Å². The number of hydrogen-bond donors (Lipinski definition) is 1. The lowest BCUT2D eigenvalue weighted by Crippen LogP contribution is -2.46. The smallest absolute Gasteiger partial charge is 0.265 e. The first-order chi connectivity index (χ1) is 9.22. The predicted octanol–water partition coefficient (Wildman–Crippen LogP) is 1.35. The fraction of sp³-hybridized carbons (Fsp3) is 0.500. The molecule has 2 rings (SSSR count). The van der Waals surface area contributed by atoms with E-state index in [-0.39, 0.29) is 5.91 Å². The molecular weight excluding hydrogens is 244 g/mol. The Hall–Kier alpha value is -1.75. The lowest BCUT2D eigenvalue weighted by Gasteiger charge is -2.29. The highest BCUT2D eigenvalue weighted by molar-refractivity contribution is 5.83. The summed E-state index contributed by atoms with van der Waals surface area (Å²) in [5.74, 6) is 0.701. The summed E-state index contributed by atoms with van der Waals surface area (Å²) in [7, 11) is 1.77. The van der Waals surface area contributed by atoms with Crippen LogP contribution in [-0.2, 0) is 9.53 Å². The number of carbonyl (C=O) groups is 1. The molecule has 104 valence electrons. The fourth-order valence-corrected chi connectivity index (χ4v) is 1.95. The van der Waals surface area contributed by atoms with Gasteiger partial charge >= 0.3 is 0 Å². The number of fused-ring (bicyclic) bond motifs is 1. The van der Waals surface area contributed by atoms with Crippen LogP contribution in [0, 0.1) is 0 Å². The molecule has 0 radical (unpaired) electrons. The topological polar surface area (TPSA) is 50.8 Å². The molecule has 1 amide bonds. The van der Waals surface area contributed by atoms with E-state index in [1.807, 2.05) is 31.2 Å². The van der Waals surface area contributed by atoms with Crippen LogP contribution in [0.15, 0.2) is 24.3 Å². The summed E-state index contributed by atoms with van der Waals surface area (Å²) in [5, 5.41) is 3.21. The van der Waals surface area contributed by atoms with Crippen molar-refractivity contribution in [3.05, 3.63) is 24.3 Å². The summed E-state index contributed by atoms with van der Waals surface area (Å²) in [6, 6.07) is 7.63. The van der Waals surface area contributed by atoms with Gasteiger partial charge in [0.05, 0.1) is 18.8 Å². The molecule has 19 heavy (non-hydrogen) atoms. The SMILES string of the molecule is CCOCCN(C)C(=O)C1CNc2ccccc2O1. The van der Waals surface area contributed by atoms with E-state index in [0.717, 1.165) is 11.4 Å². The van der Waals surface area contributed by atoms with Crippen LogP contribution in [0.1, 0.15) is 6.92 Å². The standard InChI is InChI=1S/C14H20N2O3/c1-3-18-9-8-16(2)14(17)13-10-15-11-6-4-5-7-12(11)19-13/h4-7,13,15H,3,8-10H2,1-2H3. The van der Waals surface area contributed by atoms with E-state index in [1.54, 1.807) is 11.9 Å². The van der Waals surface area contributed by atoms with Gasteiger partial charge in [0.15, 0.2) is 6.10 Å². The van der Waals surface area contributed by atoms with Crippen LogP contribution < -0.4 is 10.1 Å². The average molecular weight is 264 g/mol. The highest BCUT2D eigenvalue weighted by Gasteiger charge is 2.27. The third-order valence-electron chi connectivity index (χ3n) is 3.06. The Kier molecular flexibility index (Phi) is 4.63. The van der Waals surface area contributed by atoms with Crippen molar-refractivity contribution < 1.29 is 14.3 Å². The van der Waals surface area contributed by atoms with Crippen LogP contribution in [0.2, 0.25) is 0 Å². The van der Waals surface area contributed by atoms with Crippen LogP contribution in [0.4, 0.5) is 5.69 Å². The first kappa shape index (κ1) is 13.7. The van der Waals surface area contributed by atoms with Crippen molar-refractivity contribution in [2.45, 2.75) is 13.0 Å². The van der Waals surface area contributed by atoms with E-state index < -0.39 is 6.10 Å². The number of rotatable bonds is 5. The number of para-hydroxylation sites is 2. The van der Waals surface area contributed by atoms with E-state index in [4.69, 9.17) is 9.47 Å². The highest BCUT2D eigenvalue weighted by Crippen LogP contribution is 2.28. The number of hydrogen-bond acceptors (Lipinski definition) is 4. The van der Waals surface area contributed by atoms with E-state index in [1.165, 1.54) is 0 Å². The average Bonchev–Trinajstić information content (AvgIpc) is 2.46. The van der Waals surface area contributed by atoms with Crippen molar-refractivity contribution in [3.63, 3.8) is 0 Å². The number of benzene rings is 1. The van der Waals surface area contributed by atoms with Gasteiger partial charge in [0.25, 0.3) is 5.91 Å². The van der Waals surface area contributed by atoms with Gasteiger partial charge in [-0.2, -0.15) is 0 Å². The number of likely N-dealkylation sites (N-methyl/N-ethyl adjacent to an activating group) is 1. The summed E-state index contributed by atoms with van der Waals surface area (Å²) >= 11 is 0. The summed E-state index contributed by atoms with van der Waals surface area (Å²) in [6.07, 6.45) is -0.471. The van der Waals surface area contributed by atoms with Gasteiger partial charge in [0.2, 0.25) is 0 Å². The lowest BCUT2D eigenvalue weighted by molar-refractivity contribution is -0.137. The second kappa shape index (κ2) is 6.43. The van der Waals surface area contributed by atoms with Crippen molar-refractivity contribution in [1.29, 1.82) is 0 Å². The summed E-state index contributed by atoms with van der Waals surface area (Å²) in [4.78, 5) is 13.9. The van der Waals surface area contributed by atoms with Crippen molar-refractivity contribution in [2.75, 3.05) is 38.7 Å². The molecule has 0 aromatic heterocycles. The maximum atomic E-state index is 12.2. The van der Waals surface area contributed by atoms with Gasteiger partial charge in [0.1, 0.15) is 5.75 Å². The zero-order chi connectivity index (χ0) is 13.7. The molecule has 0 saturated heterocycles. The van der Waals surface area contributed by atoms with Gasteiger partial charge in [0, 0.05) is 20.2 Å². The molecular formula is C14H20N2O3. The summed E-state index contributed by atoms with van der Waals surface area (Å²) in [5.41, 5.74) is 0.934. The molecule has 1 aliphatic heterocycles. The van der Waals surface area contributed by atoms with E-state index in [9.17, 15) is 4.79 Å². The Morgan fingerprint density at radius 3 is 3.11 bits per heavy atom. The number of nitrogens with zero attached hydrogens (tertiary/aromatic N) is 1. The first-order valence-corrected chi connectivity index (χ1v) is 6.54. The molecule has 0 fully saturated rings. The van der Waals surface area contributed by atoms with Gasteiger partial charge in [-0.25, -0.2) is 0 Å². The lowest BCUT2D eigenvalue weighted by atomic mass is 10.2. The van der Waals surface area contributed by atoms with Crippen LogP contribution in [0.25, 0.3) is 0 Å². The molecule has 0 saturated carbocycles. The number of carbonyl (C=O) groups excluding carboxylic acids is 1. The molecule has 0 spiro atoms. The molecule has 1 unspecified atom stereocenters. The molecule has 1 heterocycles. The molecule has 1 aliphatic rings. The first-order valence-electron chi connectivity index (χ1n) is 6.54. The molecule has 1 atom stereocenters. The molecule has 1 aromatic carbocycles. The minimum Gasteiger partial charge on any atom is -0.477 e. The summed E-state index contributed by atoms with van der Waals surface area (Å²) in [6.45, 7) is 4.22. The van der Waals surface area contributed by atoms with E-state index >= 15 is 0 Å². The number of amides is 1. The molecule has 0 aliphatic carbocycles. The van der Waals surface area contributed by atoms with E-state index in [0.29, 0.717) is 26.3 Å². The van der Waals surface area contributed by atoms with Crippen LogP contribution in [-0.4, -0.2) is 50.3 Å². The fourth-order valence-electron chi connectivity index (χ4n) is 1.95. The molecule has 5 nitrogen and oxygen atoms in total. The van der Waals surface area contributed by atoms with Crippen LogP contribution in [0.3, 0.4) is 0 Å². The van der Waals surface area contributed by atoms with Gasteiger partial charge in [-0.3, -0.25) is 4.79 Å². The maximum absolute atomic E-state index is 12.2. The van der Waals surface area contributed by atoms with Gasteiger partial charge < -0.3 is 19.7 Å². The predicted molar refractivity (Wildman–Crippen MR) is 73.5 cm³/mol. The third-order valence-corrected chi connectivity index (χ3v) is 3.06. The van der Waals surface area contributed by atoms with Crippen molar-refractivity contribution in [1.82, 2.24) is 4.90 Å². The largest absolute Gasteiger partial charge is 0.477 e. The Labute approximate surface area is 113 Å². The Balaban J connectivity index is 1.91. The normalized spacial score (nSPS) is 17.1. The highest BCUT2D eigenvalue weighted by atomic mass is 16.5. The second-order valence-corrected chi connectivity index (χ2v) is 4.44. The van der Waals surface area contributed by atoms with Crippen LogP contribution >= 0.6 is 0 Å². The monoisotopic (exact) mass is 264 g/mol. The number of nitrogens with one attached hydrogen (secondary N) is 1. The summed E-state index contributed by atoms with van der Waals surface area (Å²) < 4.78 is 11.0. The third kappa shape index (κ3) is 3.38. The Morgan fingerprint density at radius 2 is 2.32 bits per heavy atom.